The molecule has 4 heterocycles. The molecule has 4 aromatic rings. The lowest BCUT2D eigenvalue weighted by molar-refractivity contribution is -0.0592. The second-order valence-corrected chi connectivity index (χ2v) is 10.2. The van der Waals surface area contributed by atoms with E-state index < -0.39 is 5.97 Å². The molecule has 2 aliphatic rings. The molecule has 2 aliphatic heterocycles. The number of ether oxygens (including phenoxy) is 1. The van der Waals surface area contributed by atoms with Crippen LogP contribution in [0.15, 0.2) is 60.9 Å². The average molecular weight is 542 g/mol. The van der Waals surface area contributed by atoms with Crippen molar-refractivity contribution in [3.8, 4) is 0 Å². The molecular weight excluding hydrogens is 510 g/mol. The summed E-state index contributed by atoms with van der Waals surface area (Å²) >= 11 is 0. The maximum absolute atomic E-state index is 13.3. The van der Waals surface area contributed by atoms with Crippen molar-refractivity contribution in [2.24, 2.45) is 0 Å². The van der Waals surface area contributed by atoms with Gasteiger partial charge in [-0.2, -0.15) is 0 Å². The van der Waals surface area contributed by atoms with Gasteiger partial charge in [-0.05, 0) is 36.8 Å². The van der Waals surface area contributed by atoms with Gasteiger partial charge < -0.3 is 24.2 Å². The number of aromatic nitrogens is 4. The van der Waals surface area contributed by atoms with Gasteiger partial charge in [-0.25, -0.2) is 19.7 Å². The summed E-state index contributed by atoms with van der Waals surface area (Å²) in [4.78, 5) is 44.4. The van der Waals surface area contributed by atoms with Crippen LogP contribution in [0.25, 0.3) is 11.0 Å². The number of anilines is 2. The van der Waals surface area contributed by atoms with Crippen LogP contribution in [0.4, 0.5) is 11.5 Å². The Labute approximate surface area is 231 Å². The number of nitrogens with zero attached hydrogens (tertiary/aromatic N) is 7. The van der Waals surface area contributed by atoms with Crippen LogP contribution in [-0.2, 0) is 17.8 Å². The smallest absolute Gasteiger partial charge is 0.335 e. The highest BCUT2D eigenvalue weighted by Crippen LogP contribution is 2.24. The van der Waals surface area contributed by atoms with E-state index in [-0.39, 0.29) is 17.6 Å². The van der Waals surface area contributed by atoms with Crippen molar-refractivity contribution >= 4 is 34.4 Å². The molecule has 2 aromatic heterocycles. The summed E-state index contributed by atoms with van der Waals surface area (Å²) in [5.74, 6) is 0.459. The normalized spacial score (nSPS) is 17.5. The van der Waals surface area contributed by atoms with Crippen LogP contribution in [0.1, 0.15) is 33.1 Å². The number of piperazine rings is 1. The third kappa shape index (κ3) is 5.25. The Bertz CT molecular complexity index is 1530. The molecule has 0 bridgehead atoms. The first kappa shape index (κ1) is 25.9. The highest BCUT2D eigenvalue weighted by atomic mass is 16.5. The van der Waals surface area contributed by atoms with Crippen LogP contribution in [0.3, 0.4) is 0 Å². The molecule has 0 aliphatic carbocycles. The van der Waals surface area contributed by atoms with Crippen molar-refractivity contribution < 1.29 is 19.4 Å². The van der Waals surface area contributed by atoms with Gasteiger partial charge in [0.1, 0.15) is 23.7 Å². The zero-order valence-corrected chi connectivity index (χ0v) is 22.3. The maximum atomic E-state index is 13.3. The van der Waals surface area contributed by atoms with Crippen molar-refractivity contribution in [1.82, 2.24) is 29.3 Å². The number of amides is 1. The standard InChI is InChI=1S/C29H31N7O4/c1-33(21-5-3-2-4-6-21)26-16-24(30-19-31-26)28(37)35-12-10-34(11-13-35)18-27-32-23-8-7-20(29(38)39)15-25(23)36(27)17-22-9-14-40-22/h2-8,15-16,19,22H,9-14,17-18H2,1H3,(H,38,39). The van der Waals surface area contributed by atoms with Gasteiger partial charge in [0.15, 0.2) is 0 Å². The van der Waals surface area contributed by atoms with Crippen LogP contribution >= 0.6 is 0 Å². The highest BCUT2D eigenvalue weighted by Gasteiger charge is 2.27. The van der Waals surface area contributed by atoms with E-state index in [9.17, 15) is 14.7 Å². The molecule has 11 heteroatoms. The minimum absolute atomic E-state index is 0.109. The number of aromatic carboxylic acids is 1. The van der Waals surface area contributed by atoms with Crippen molar-refractivity contribution in [1.29, 1.82) is 0 Å². The minimum Gasteiger partial charge on any atom is -0.478 e. The Morgan fingerprint density at radius 3 is 2.52 bits per heavy atom. The molecule has 1 N–H and O–H groups in total. The summed E-state index contributed by atoms with van der Waals surface area (Å²) in [7, 11) is 1.91. The number of para-hydroxylation sites is 1. The van der Waals surface area contributed by atoms with E-state index in [1.165, 1.54) is 6.33 Å². The summed E-state index contributed by atoms with van der Waals surface area (Å²) in [6.07, 6.45) is 2.52. The van der Waals surface area contributed by atoms with Crippen LogP contribution in [-0.4, -0.2) is 92.2 Å². The fourth-order valence-corrected chi connectivity index (χ4v) is 5.16. The van der Waals surface area contributed by atoms with Gasteiger partial charge in [-0.15, -0.1) is 0 Å². The monoisotopic (exact) mass is 541 g/mol. The number of carboxylic acids is 1. The van der Waals surface area contributed by atoms with Crippen LogP contribution in [0, 0.1) is 0 Å². The maximum Gasteiger partial charge on any atom is 0.335 e. The molecule has 1 atom stereocenters. The summed E-state index contributed by atoms with van der Waals surface area (Å²) < 4.78 is 7.76. The molecular formula is C29H31N7O4. The molecule has 6 rings (SSSR count). The van der Waals surface area contributed by atoms with E-state index >= 15 is 0 Å². The topological polar surface area (TPSA) is 117 Å². The Morgan fingerprint density at radius 1 is 1.05 bits per heavy atom. The lowest BCUT2D eigenvalue weighted by Crippen LogP contribution is -2.48. The van der Waals surface area contributed by atoms with Crippen molar-refractivity contribution in [3.63, 3.8) is 0 Å². The van der Waals surface area contributed by atoms with Gasteiger partial charge in [0.2, 0.25) is 0 Å². The number of imidazole rings is 1. The highest BCUT2D eigenvalue weighted by molar-refractivity contribution is 5.93. The average Bonchev–Trinajstić information content (AvgIpc) is 3.30. The zero-order chi connectivity index (χ0) is 27.6. The predicted molar refractivity (Wildman–Crippen MR) is 149 cm³/mol. The molecule has 2 saturated heterocycles. The molecule has 0 radical (unpaired) electrons. The number of carboxylic acid groups (broad SMARTS) is 1. The first-order valence-corrected chi connectivity index (χ1v) is 13.4. The predicted octanol–water partition coefficient (Wildman–Crippen LogP) is 3.04. The number of fused-ring (bicyclic) bond motifs is 1. The van der Waals surface area contributed by atoms with Crippen molar-refractivity contribution in [2.75, 3.05) is 44.7 Å². The second-order valence-electron chi connectivity index (χ2n) is 10.2. The Kier molecular flexibility index (Phi) is 7.14. The SMILES string of the molecule is CN(c1ccccc1)c1cc(C(=O)N2CCN(Cc3nc4ccc(C(=O)O)cc4n3CC3CCO3)CC2)ncn1. The Hall–Kier alpha value is -4.35. The summed E-state index contributed by atoms with van der Waals surface area (Å²) in [5, 5.41) is 9.48. The molecule has 1 unspecified atom stereocenters. The van der Waals surface area contributed by atoms with Crippen molar-refractivity contribution in [2.45, 2.75) is 25.6 Å². The fraction of sp³-hybridized carbons (Fsp3) is 0.345. The molecule has 0 saturated carbocycles. The summed E-state index contributed by atoms with van der Waals surface area (Å²) in [6.45, 7) is 4.52. The van der Waals surface area contributed by atoms with Gasteiger partial charge in [0, 0.05) is 51.6 Å². The van der Waals surface area contributed by atoms with Gasteiger partial charge in [-0.1, -0.05) is 18.2 Å². The van der Waals surface area contributed by atoms with Gasteiger partial charge in [-0.3, -0.25) is 9.69 Å². The number of hydrogen-bond donors (Lipinski definition) is 1. The summed E-state index contributed by atoms with van der Waals surface area (Å²) in [5.41, 5.74) is 3.16. The number of hydrogen-bond acceptors (Lipinski definition) is 8. The Morgan fingerprint density at radius 2 is 1.82 bits per heavy atom. The molecule has 2 aromatic carbocycles. The van der Waals surface area contributed by atoms with Crippen LogP contribution < -0.4 is 4.90 Å². The van der Waals surface area contributed by atoms with E-state index in [1.807, 2.05) is 47.2 Å². The second kappa shape index (κ2) is 11.0. The van der Waals surface area contributed by atoms with E-state index in [4.69, 9.17) is 9.72 Å². The minimum atomic E-state index is -0.959. The molecule has 2 fully saturated rings. The van der Waals surface area contributed by atoms with E-state index in [0.29, 0.717) is 50.8 Å². The van der Waals surface area contributed by atoms with E-state index in [1.54, 1.807) is 24.3 Å². The van der Waals surface area contributed by atoms with Gasteiger partial charge in [0.05, 0.1) is 35.8 Å². The lowest BCUT2D eigenvalue weighted by atomic mass is 10.1. The number of rotatable bonds is 8. The van der Waals surface area contributed by atoms with Gasteiger partial charge >= 0.3 is 5.97 Å². The number of carbonyl (C=O) groups excluding carboxylic acids is 1. The molecule has 40 heavy (non-hydrogen) atoms. The number of benzene rings is 2. The first-order valence-electron chi connectivity index (χ1n) is 13.4. The van der Waals surface area contributed by atoms with Gasteiger partial charge in [0.25, 0.3) is 5.91 Å². The molecule has 1 amide bonds. The fourth-order valence-electron chi connectivity index (χ4n) is 5.16. The summed E-state index contributed by atoms with van der Waals surface area (Å²) in [6, 6.07) is 16.6. The third-order valence-electron chi connectivity index (χ3n) is 7.64. The number of carbonyl (C=O) groups is 2. The molecule has 0 spiro atoms. The zero-order valence-electron chi connectivity index (χ0n) is 22.3. The molecule has 206 valence electrons. The lowest BCUT2D eigenvalue weighted by Gasteiger charge is -2.34. The van der Waals surface area contributed by atoms with E-state index in [0.717, 1.165) is 35.6 Å². The first-order chi connectivity index (χ1) is 19.5. The quantitative estimate of drug-likeness (QED) is 0.359. The molecule has 11 nitrogen and oxygen atoms in total. The Balaban J connectivity index is 1.13. The van der Waals surface area contributed by atoms with Crippen LogP contribution in [0.2, 0.25) is 0 Å². The van der Waals surface area contributed by atoms with E-state index in [2.05, 4.69) is 19.4 Å². The largest absolute Gasteiger partial charge is 0.478 e. The van der Waals surface area contributed by atoms with Crippen LogP contribution in [0.5, 0.6) is 0 Å². The van der Waals surface area contributed by atoms with Crippen molar-refractivity contribution in [3.05, 3.63) is 78.0 Å². The third-order valence-corrected chi connectivity index (χ3v) is 7.64.